The summed E-state index contributed by atoms with van der Waals surface area (Å²) < 4.78 is 11.1. The fourth-order valence-electron chi connectivity index (χ4n) is 2.61. The lowest BCUT2D eigenvalue weighted by Gasteiger charge is -2.38. The highest BCUT2D eigenvalue weighted by atomic mass is 16.7. The lowest BCUT2D eigenvalue weighted by molar-refractivity contribution is -0.268. The van der Waals surface area contributed by atoms with Gasteiger partial charge in [0.2, 0.25) is 6.29 Å². The lowest BCUT2D eigenvalue weighted by atomic mass is 10.00. The first kappa shape index (κ1) is 18.2. The van der Waals surface area contributed by atoms with Crippen LogP contribution < -0.4 is 4.74 Å². The van der Waals surface area contributed by atoms with Crippen LogP contribution in [0.3, 0.4) is 0 Å². The van der Waals surface area contributed by atoms with Crippen LogP contribution >= 0.6 is 0 Å². The Balaban J connectivity index is 1.91. The number of aliphatic hydroxyl groups excluding tert-OH is 3. The summed E-state index contributed by atoms with van der Waals surface area (Å²) in [6.45, 7) is 1.56. The summed E-state index contributed by atoms with van der Waals surface area (Å²) in [7, 11) is 0. The molecule has 4 N–H and O–H groups in total. The third kappa shape index (κ3) is 3.81. The first-order chi connectivity index (χ1) is 12.5. The van der Waals surface area contributed by atoms with Gasteiger partial charge in [0, 0.05) is 18.3 Å². The maximum Gasteiger partial charge on any atom is 0.229 e. The van der Waals surface area contributed by atoms with Gasteiger partial charge in [0.15, 0.2) is 0 Å². The fourth-order valence-corrected chi connectivity index (χ4v) is 2.61. The zero-order valence-electron chi connectivity index (χ0n) is 13.9. The van der Waals surface area contributed by atoms with Gasteiger partial charge in [-0.25, -0.2) is 4.98 Å². The standard InChI is InChI=1S/C17H19N3O6/c1-9-14(21)15(22)16(23)17(25-9)26-11-6-10(8-19-24)20-13(7-11)12-4-2-3-5-18-12/h2-9,14-17,21-24H,1H3/b19-8-/t9-,14-,15+,16-,17-/m1/s1. The van der Waals surface area contributed by atoms with Gasteiger partial charge < -0.3 is 30.0 Å². The molecule has 0 aromatic carbocycles. The number of oxime groups is 1. The molecule has 0 bridgehead atoms. The molecule has 26 heavy (non-hydrogen) atoms. The van der Waals surface area contributed by atoms with Gasteiger partial charge >= 0.3 is 0 Å². The maximum absolute atomic E-state index is 10.1. The monoisotopic (exact) mass is 361 g/mol. The highest BCUT2D eigenvalue weighted by molar-refractivity contribution is 5.78. The van der Waals surface area contributed by atoms with E-state index in [0.717, 1.165) is 6.21 Å². The molecule has 2 aromatic rings. The summed E-state index contributed by atoms with van der Waals surface area (Å²) in [5, 5.41) is 41.5. The Kier molecular flexibility index (Phi) is 5.43. The zero-order chi connectivity index (χ0) is 18.7. The van der Waals surface area contributed by atoms with Gasteiger partial charge in [0.1, 0.15) is 24.1 Å². The highest BCUT2D eigenvalue weighted by Crippen LogP contribution is 2.27. The predicted molar refractivity (Wildman–Crippen MR) is 89.8 cm³/mol. The van der Waals surface area contributed by atoms with Gasteiger partial charge in [-0.1, -0.05) is 11.2 Å². The number of aliphatic hydroxyl groups is 3. The van der Waals surface area contributed by atoms with E-state index < -0.39 is 30.7 Å². The molecule has 0 radical (unpaired) electrons. The minimum atomic E-state index is -1.44. The normalized spacial score (nSPS) is 29.0. The van der Waals surface area contributed by atoms with E-state index >= 15 is 0 Å². The van der Waals surface area contributed by atoms with Crippen LogP contribution in [0.2, 0.25) is 0 Å². The Morgan fingerprint density at radius 2 is 1.92 bits per heavy atom. The maximum atomic E-state index is 10.1. The molecule has 3 rings (SSSR count). The molecule has 1 saturated heterocycles. The first-order valence-corrected chi connectivity index (χ1v) is 7.97. The molecule has 3 heterocycles. The molecule has 1 fully saturated rings. The summed E-state index contributed by atoms with van der Waals surface area (Å²) in [6.07, 6.45) is -3.25. The molecule has 9 nitrogen and oxygen atoms in total. The van der Waals surface area contributed by atoms with Crippen LogP contribution in [0.4, 0.5) is 0 Å². The first-order valence-electron chi connectivity index (χ1n) is 7.97. The summed E-state index contributed by atoms with van der Waals surface area (Å²) in [4.78, 5) is 8.51. The number of aromatic nitrogens is 2. The predicted octanol–water partition coefficient (Wildman–Crippen LogP) is 0.158. The number of hydrogen-bond donors (Lipinski definition) is 4. The molecular formula is C17H19N3O6. The number of rotatable bonds is 4. The average molecular weight is 361 g/mol. The minimum Gasteiger partial charge on any atom is -0.462 e. The molecule has 138 valence electrons. The van der Waals surface area contributed by atoms with E-state index in [9.17, 15) is 15.3 Å². The second kappa shape index (κ2) is 7.75. The molecule has 0 unspecified atom stereocenters. The second-order valence-corrected chi connectivity index (χ2v) is 5.87. The highest BCUT2D eigenvalue weighted by Gasteiger charge is 2.43. The lowest BCUT2D eigenvalue weighted by Crippen LogP contribution is -2.58. The van der Waals surface area contributed by atoms with Crippen molar-refractivity contribution in [2.24, 2.45) is 5.16 Å². The average Bonchev–Trinajstić information content (AvgIpc) is 2.65. The van der Waals surface area contributed by atoms with Crippen LogP contribution in [0.1, 0.15) is 12.6 Å². The summed E-state index contributed by atoms with van der Waals surface area (Å²) in [6, 6.07) is 8.37. The summed E-state index contributed by atoms with van der Waals surface area (Å²) >= 11 is 0. The van der Waals surface area contributed by atoms with Gasteiger partial charge in [-0.3, -0.25) is 4.98 Å². The topological polar surface area (TPSA) is 138 Å². The van der Waals surface area contributed by atoms with Crippen molar-refractivity contribution in [3.8, 4) is 17.1 Å². The van der Waals surface area contributed by atoms with E-state index in [1.54, 1.807) is 37.4 Å². The van der Waals surface area contributed by atoms with E-state index in [0.29, 0.717) is 17.1 Å². The summed E-state index contributed by atoms with van der Waals surface area (Å²) in [5.74, 6) is 0.260. The van der Waals surface area contributed by atoms with Crippen molar-refractivity contribution in [3.63, 3.8) is 0 Å². The molecule has 0 spiro atoms. The van der Waals surface area contributed by atoms with Crippen LogP contribution in [0.5, 0.6) is 5.75 Å². The van der Waals surface area contributed by atoms with Gasteiger partial charge in [-0.15, -0.1) is 0 Å². The van der Waals surface area contributed by atoms with E-state index in [-0.39, 0.29) is 5.75 Å². The smallest absolute Gasteiger partial charge is 0.229 e. The van der Waals surface area contributed by atoms with Crippen LogP contribution in [-0.4, -0.2) is 67.4 Å². The molecule has 1 aliphatic rings. The molecule has 0 aliphatic carbocycles. The Labute approximate surface area is 149 Å². The van der Waals surface area contributed by atoms with Gasteiger partial charge in [0.25, 0.3) is 0 Å². The number of nitrogens with zero attached hydrogens (tertiary/aromatic N) is 3. The zero-order valence-corrected chi connectivity index (χ0v) is 13.9. The largest absolute Gasteiger partial charge is 0.462 e. The minimum absolute atomic E-state index is 0.260. The van der Waals surface area contributed by atoms with Crippen molar-refractivity contribution in [1.82, 2.24) is 9.97 Å². The fraction of sp³-hybridized carbons (Fsp3) is 0.353. The van der Waals surface area contributed by atoms with E-state index in [4.69, 9.17) is 14.7 Å². The molecule has 0 saturated carbocycles. The quantitative estimate of drug-likeness (QED) is 0.343. The Bertz CT molecular complexity index is 772. The molecule has 9 heteroatoms. The SMILES string of the molecule is C[C@H]1O[C@H](Oc2cc(/C=N\O)nc(-c3ccccn3)c2)[C@H](O)[C@@H](O)[C@@H]1O. The van der Waals surface area contributed by atoms with Crippen LogP contribution in [-0.2, 0) is 4.74 Å². The molecule has 5 atom stereocenters. The molecule has 1 aliphatic heterocycles. The van der Waals surface area contributed by atoms with E-state index in [2.05, 4.69) is 15.1 Å². The van der Waals surface area contributed by atoms with Gasteiger partial charge in [-0.05, 0) is 19.1 Å². The van der Waals surface area contributed by atoms with Crippen molar-refractivity contribution >= 4 is 6.21 Å². The van der Waals surface area contributed by atoms with Crippen LogP contribution in [0.25, 0.3) is 11.4 Å². The van der Waals surface area contributed by atoms with Crippen LogP contribution in [0, 0.1) is 0 Å². The number of pyridine rings is 2. The second-order valence-electron chi connectivity index (χ2n) is 5.87. The van der Waals surface area contributed by atoms with Crippen molar-refractivity contribution in [1.29, 1.82) is 0 Å². The van der Waals surface area contributed by atoms with Crippen molar-refractivity contribution in [2.45, 2.75) is 37.6 Å². The Morgan fingerprint density at radius 1 is 1.12 bits per heavy atom. The Morgan fingerprint density at radius 3 is 2.62 bits per heavy atom. The number of hydrogen-bond acceptors (Lipinski definition) is 9. The Hall–Kier alpha value is -2.59. The molecular weight excluding hydrogens is 342 g/mol. The van der Waals surface area contributed by atoms with Crippen molar-refractivity contribution < 1.29 is 30.0 Å². The number of ether oxygens (including phenoxy) is 2. The van der Waals surface area contributed by atoms with Crippen molar-refractivity contribution in [3.05, 3.63) is 42.2 Å². The van der Waals surface area contributed by atoms with Crippen molar-refractivity contribution in [2.75, 3.05) is 0 Å². The van der Waals surface area contributed by atoms with Crippen LogP contribution in [0.15, 0.2) is 41.7 Å². The molecule has 2 aromatic heterocycles. The molecule has 0 amide bonds. The summed E-state index contributed by atoms with van der Waals surface area (Å²) in [5.41, 5.74) is 1.32. The van der Waals surface area contributed by atoms with E-state index in [1.165, 1.54) is 6.07 Å². The van der Waals surface area contributed by atoms with E-state index in [1.807, 2.05) is 0 Å². The third-order valence-electron chi connectivity index (χ3n) is 4.00. The van der Waals surface area contributed by atoms with Gasteiger partial charge in [0.05, 0.1) is 29.4 Å². The van der Waals surface area contributed by atoms with Gasteiger partial charge in [-0.2, -0.15) is 0 Å². The third-order valence-corrected chi connectivity index (χ3v) is 4.00.